The Kier molecular flexibility index (Phi) is 6.44. The third kappa shape index (κ3) is 4.61. The van der Waals surface area contributed by atoms with Gasteiger partial charge in [0.2, 0.25) is 5.91 Å². The first-order valence-electron chi connectivity index (χ1n) is 10.4. The number of nitrogens with one attached hydrogen (secondary N) is 1. The van der Waals surface area contributed by atoms with Gasteiger partial charge >= 0.3 is 0 Å². The van der Waals surface area contributed by atoms with Crippen LogP contribution in [0.25, 0.3) is 10.9 Å². The normalized spacial score (nSPS) is 12.8. The molecule has 9 nitrogen and oxygen atoms in total. The number of hydrogen-bond donors (Lipinski definition) is 1. The summed E-state index contributed by atoms with van der Waals surface area (Å²) in [4.78, 5) is 29.5. The van der Waals surface area contributed by atoms with Crippen LogP contribution < -0.4 is 29.8 Å². The van der Waals surface area contributed by atoms with Crippen LogP contribution in [0.2, 0.25) is 0 Å². The predicted molar refractivity (Wildman–Crippen MR) is 119 cm³/mol. The van der Waals surface area contributed by atoms with Crippen molar-refractivity contribution in [2.45, 2.75) is 25.8 Å². The lowest BCUT2D eigenvalue weighted by atomic mass is 10.2. The first-order chi connectivity index (χ1) is 15.6. The third-order valence-corrected chi connectivity index (χ3v) is 5.16. The van der Waals surface area contributed by atoms with E-state index in [9.17, 15) is 9.59 Å². The molecule has 2 heterocycles. The zero-order valence-electron chi connectivity index (χ0n) is 18.1. The molecule has 3 aromatic rings. The average molecular weight is 439 g/mol. The van der Waals surface area contributed by atoms with Crippen LogP contribution in [-0.2, 0) is 11.3 Å². The van der Waals surface area contributed by atoms with Crippen molar-refractivity contribution in [3.8, 4) is 23.0 Å². The summed E-state index contributed by atoms with van der Waals surface area (Å²) in [6.45, 7) is 1.56. The fourth-order valence-electron chi connectivity index (χ4n) is 3.52. The Morgan fingerprint density at radius 3 is 2.62 bits per heavy atom. The van der Waals surface area contributed by atoms with Gasteiger partial charge in [-0.1, -0.05) is 0 Å². The molecule has 0 spiro atoms. The monoisotopic (exact) mass is 439 g/mol. The summed E-state index contributed by atoms with van der Waals surface area (Å²) in [7, 11) is 3.04. The highest BCUT2D eigenvalue weighted by molar-refractivity contribution is 5.91. The third-order valence-electron chi connectivity index (χ3n) is 5.16. The molecule has 9 heteroatoms. The van der Waals surface area contributed by atoms with E-state index in [-0.39, 0.29) is 17.9 Å². The SMILES string of the molecule is COc1cc2ncn(CCCC(=O)Nc3ccc4c(c3)OCCCO4)c(=O)c2cc1OC. The summed E-state index contributed by atoms with van der Waals surface area (Å²) >= 11 is 0. The van der Waals surface area contributed by atoms with Crippen LogP contribution >= 0.6 is 0 Å². The number of fused-ring (bicyclic) bond motifs is 2. The summed E-state index contributed by atoms with van der Waals surface area (Å²) in [5, 5.41) is 3.29. The number of carbonyl (C=O) groups excluding carboxylic acids is 1. The van der Waals surface area contributed by atoms with E-state index in [1.165, 1.54) is 25.1 Å². The fourth-order valence-corrected chi connectivity index (χ4v) is 3.52. The Hall–Kier alpha value is -3.75. The minimum absolute atomic E-state index is 0.146. The van der Waals surface area contributed by atoms with E-state index in [2.05, 4.69) is 10.3 Å². The number of hydrogen-bond acceptors (Lipinski definition) is 7. The van der Waals surface area contributed by atoms with Gasteiger partial charge in [-0.2, -0.15) is 0 Å². The molecule has 2 aromatic carbocycles. The van der Waals surface area contributed by atoms with Crippen molar-refractivity contribution < 1.29 is 23.7 Å². The lowest BCUT2D eigenvalue weighted by Gasteiger charge is -2.11. The van der Waals surface area contributed by atoms with Crippen LogP contribution in [0.4, 0.5) is 5.69 Å². The zero-order chi connectivity index (χ0) is 22.5. The Morgan fingerprint density at radius 2 is 1.84 bits per heavy atom. The molecule has 0 atom stereocenters. The van der Waals surface area contributed by atoms with E-state index in [0.29, 0.717) is 65.8 Å². The molecule has 1 aliphatic heterocycles. The first-order valence-corrected chi connectivity index (χ1v) is 10.4. The zero-order valence-corrected chi connectivity index (χ0v) is 18.1. The summed E-state index contributed by atoms with van der Waals surface area (Å²) in [6, 6.07) is 8.63. The topological polar surface area (TPSA) is 101 Å². The van der Waals surface area contributed by atoms with Crippen molar-refractivity contribution >= 4 is 22.5 Å². The summed E-state index contributed by atoms with van der Waals surface area (Å²) < 4.78 is 23.3. The highest BCUT2D eigenvalue weighted by atomic mass is 16.5. The molecule has 0 radical (unpaired) electrons. The van der Waals surface area contributed by atoms with E-state index in [0.717, 1.165) is 6.42 Å². The van der Waals surface area contributed by atoms with E-state index >= 15 is 0 Å². The number of nitrogens with zero attached hydrogens (tertiary/aromatic N) is 2. The molecule has 32 heavy (non-hydrogen) atoms. The molecule has 1 aromatic heterocycles. The van der Waals surface area contributed by atoms with Crippen LogP contribution in [0.3, 0.4) is 0 Å². The van der Waals surface area contributed by atoms with Crippen LogP contribution in [0, 0.1) is 0 Å². The number of ether oxygens (including phenoxy) is 4. The molecule has 1 aliphatic rings. The summed E-state index contributed by atoms with van der Waals surface area (Å²) in [6.07, 6.45) is 3.04. The van der Waals surface area contributed by atoms with E-state index in [1.54, 1.807) is 30.3 Å². The van der Waals surface area contributed by atoms with Crippen LogP contribution in [0.5, 0.6) is 23.0 Å². The Labute approximate surface area is 184 Å². The number of aryl methyl sites for hydroxylation is 1. The lowest BCUT2D eigenvalue weighted by molar-refractivity contribution is -0.116. The number of carbonyl (C=O) groups is 1. The number of aromatic nitrogens is 2. The molecule has 0 bridgehead atoms. The number of amides is 1. The molecule has 4 rings (SSSR count). The molecule has 0 aliphatic carbocycles. The molecular weight excluding hydrogens is 414 g/mol. The van der Waals surface area contributed by atoms with Crippen molar-refractivity contribution in [1.82, 2.24) is 9.55 Å². The maximum absolute atomic E-state index is 12.8. The maximum atomic E-state index is 12.8. The van der Waals surface area contributed by atoms with Crippen LogP contribution in [0.15, 0.2) is 41.5 Å². The molecule has 1 amide bonds. The van der Waals surface area contributed by atoms with Gasteiger partial charge in [-0.15, -0.1) is 0 Å². The number of benzene rings is 2. The molecule has 1 N–H and O–H groups in total. The van der Waals surface area contributed by atoms with Crippen molar-refractivity contribution in [2.24, 2.45) is 0 Å². The van der Waals surface area contributed by atoms with E-state index in [1.807, 2.05) is 0 Å². The second-order valence-corrected chi connectivity index (χ2v) is 7.33. The standard InChI is InChI=1S/C23H25N3O6/c1-29-19-12-16-17(13-20(19)30-2)24-14-26(23(16)28)8-3-5-22(27)25-15-6-7-18-21(11-15)32-10-4-9-31-18/h6-7,11-14H,3-5,8-10H2,1-2H3,(H,25,27). The van der Waals surface area contributed by atoms with Gasteiger partial charge < -0.3 is 24.3 Å². The molecule has 0 saturated carbocycles. The predicted octanol–water partition coefficient (Wildman–Crippen LogP) is 2.99. The van der Waals surface area contributed by atoms with Crippen molar-refractivity contribution in [3.63, 3.8) is 0 Å². The van der Waals surface area contributed by atoms with Crippen molar-refractivity contribution in [3.05, 3.63) is 47.0 Å². The Morgan fingerprint density at radius 1 is 1.09 bits per heavy atom. The minimum Gasteiger partial charge on any atom is -0.493 e. The minimum atomic E-state index is -0.195. The highest BCUT2D eigenvalue weighted by Crippen LogP contribution is 2.32. The lowest BCUT2D eigenvalue weighted by Crippen LogP contribution is -2.22. The van der Waals surface area contributed by atoms with Crippen molar-refractivity contribution in [1.29, 1.82) is 0 Å². The van der Waals surface area contributed by atoms with Gasteiger partial charge in [0.1, 0.15) is 0 Å². The van der Waals surface area contributed by atoms with E-state index in [4.69, 9.17) is 18.9 Å². The van der Waals surface area contributed by atoms with Gasteiger partial charge in [-0.05, 0) is 24.6 Å². The maximum Gasteiger partial charge on any atom is 0.261 e. The Balaban J connectivity index is 1.39. The quantitative estimate of drug-likeness (QED) is 0.604. The van der Waals surface area contributed by atoms with Gasteiger partial charge in [0.25, 0.3) is 5.56 Å². The first kappa shape index (κ1) is 21.5. The molecule has 168 valence electrons. The van der Waals surface area contributed by atoms with Gasteiger partial charge in [0.15, 0.2) is 23.0 Å². The fraction of sp³-hybridized carbons (Fsp3) is 0.348. The second kappa shape index (κ2) is 9.59. The molecular formula is C23H25N3O6. The summed E-state index contributed by atoms with van der Waals surface area (Å²) in [5.74, 6) is 2.13. The van der Waals surface area contributed by atoms with Crippen LogP contribution in [-0.4, -0.2) is 42.9 Å². The molecule has 0 fully saturated rings. The van der Waals surface area contributed by atoms with Gasteiger partial charge in [-0.25, -0.2) is 4.98 Å². The van der Waals surface area contributed by atoms with Gasteiger partial charge in [0.05, 0.1) is 44.7 Å². The highest BCUT2D eigenvalue weighted by Gasteiger charge is 2.13. The number of methoxy groups -OCH3 is 2. The summed E-state index contributed by atoms with van der Waals surface area (Å²) in [5.41, 5.74) is 0.972. The smallest absolute Gasteiger partial charge is 0.261 e. The van der Waals surface area contributed by atoms with Crippen LogP contribution in [0.1, 0.15) is 19.3 Å². The van der Waals surface area contributed by atoms with E-state index < -0.39 is 0 Å². The number of rotatable bonds is 7. The second-order valence-electron chi connectivity index (χ2n) is 7.33. The molecule has 0 unspecified atom stereocenters. The largest absolute Gasteiger partial charge is 0.493 e. The average Bonchev–Trinajstić information content (AvgIpc) is 3.05. The number of anilines is 1. The van der Waals surface area contributed by atoms with Gasteiger partial charge in [0, 0.05) is 37.2 Å². The van der Waals surface area contributed by atoms with Gasteiger partial charge in [-0.3, -0.25) is 14.2 Å². The Bertz CT molecular complexity index is 1190. The molecule has 0 saturated heterocycles. The van der Waals surface area contributed by atoms with Crippen molar-refractivity contribution in [2.75, 3.05) is 32.8 Å².